The third-order valence-corrected chi connectivity index (χ3v) is 6.73. The Kier molecular flexibility index (Phi) is 9.60. The standard InChI is InChI=1S/C27H34N2O5S/c1-18-14-19(2)16-22(15-18)28-25(30)17-20-8-10-23(11-9-20)34-29(24(27(32)33)12-13-35-3)26(31)21-6-4-5-7-21/h8-11,14-16,21,24H,4-7,12-13,17H2,1-3H3,(H,28,30)(H,32,33)/t24-/m1/s1. The number of anilines is 1. The topological polar surface area (TPSA) is 95.9 Å². The summed E-state index contributed by atoms with van der Waals surface area (Å²) in [4.78, 5) is 43.6. The monoisotopic (exact) mass is 498 g/mol. The second-order valence-electron chi connectivity index (χ2n) is 9.12. The maximum atomic E-state index is 13.2. The van der Waals surface area contributed by atoms with Crippen LogP contribution in [0.4, 0.5) is 5.69 Å². The van der Waals surface area contributed by atoms with E-state index in [0.717, 1.165) is 53.1 Å². The van der Waals surface area contributed by atoms with Crippen LogP contribution >= 0.6 is 11.8 Å². The zero-order valence-corrected chi connectivity index (χ0v) is 21.4. The molecule has 2 aromatic carbocycles. The van der Waals surface area contributed by atoms with E-state index in [9.17, 15) is 19.5 Å². The van der Waals surface area contributed by atoms with E-state index >= 15 is 0 Å². The minimum Gasteiger partial charge on any atom is -0.480 e. The average Bonchev–Trinajstić information content (AvgIpc) is 3.33. The van der Waals surface area contributed by atoms with Crippen molar-refractivity contribution in [2.24, 2.45) is 5.92 Å². The Bertz CT molecular complexity index is 1010. The van der Waals surface area contributed by atoms with Crippen LogP contribution in [0.5, 0.6) is 5.75 Å². The van der Waals surface area contributed by atoms with Gasteiger partial charge >= 0.3 is 5.97 Å². The Morgan fingerprint density at radius 2 is 1.71 bits per heavy atom. The van der Waals surface area contributed by atoms with E-state index in [1.807, 2.05) is 38.3 Å². The lowest BCUT2D eigenvalue weighted by molar-refractivity contribution is -0.181. The number of amides is 2. The van der Waals surface area contributed by atoms with Gasteiger partial charge in [-0.25, -0.2) is 4.79 Å². The molecule has 2 N–H and O–H groups in total. The van der Waals surface area contributed by atoms with Crippen LogP contribution in [0.2, 0.25) is 0 Å². The Morgan fingerprint density at radius 1 is 1.09 bits per heavy atom. The smallest absolute Gasteiger partial charge is 0.330 e. The first kappa shape index (κ1) is 26.6. The van der Waals surface area contributed by atoms with Crippen molar-refractivity contribution >= 4 is 35.2 Å². The summed E-state index contributed by atoms with van der Waals surface area (Å²) in [5.41, 5.74) is 3.70. The van der Waals surface area contributed by atoms with Crippen LogP contribution in [0.15, 0.2) is 42.5 Å². The average molecular weight is 499 g/mol. The van der Waals surface area contributed by atoms with Crippen LogP contribution in [-0.2, 0) is 20.8 Å². The molecule has 188 valence electrons. The number of benzene rings is 2. The number of carbonyl (C=O) groups is 3. The van der Waals surface area contributed by atoms with Crippen LogP contribution in [0, 0.1) is 19.8 Å². The largest absolute Gasteiger partial charge is 0.480 e. The van der Waals surface area contributed by atoms with Crippen molar-refractivity contribution in [3.8, 4) is 5.75 Å². The van der Waals surface area contributed by atoms with Gasteiger partial charge in [-0.2, -0.15) is 16.8 Å². The van der Waals surface area contributed by atoms with Gasteiger partial charge in [0.1, 0.15) is 0 Å². The van der Waals surface area contributed by atoms with Gasteiger partial charge < -0.3 is 15.3 Å². The van der Waals surface area contributed by atoms with E-state index in [1.54, 1.807) is 24.3 Å². The molecule has 3 rings (SSSR count). The first-order chi connectivity index (χ1) is 16.8. The molecule has 7 nitrogen and oxygen atoms in total. The fourth-order valence-corrected chi connectivity index (χ4v) is 4.86. The Balaban J connectivity index is 1.69. The first-order valence-corrected chi connectivity index (χ1v) is 13.4. The number of hydroxylamine groups is 2. The van der Waals surface area contributed by atoms with E-state index in [-0.39, 0.29) is 24.2 Å². The van der Waals surface area contributed by atoms with E-state index < -0.39 is 12.0 Å². The van der Waals surface area contributed by atoms with Crippen molar-refractivity contribution in [2.45, 2.75) is 58.4 Å². The normalized spacial score (nSPS) is 14.4. The minimum absolute atomic E-state index is 0.135. The Hall–Kier alpha value is -3.00. The van der Waals surface area contributed by atoms with Gasteiger partial charge in [0.2, 0.25) is 5.91 Å². The molecule has 2 aromatic rings. The first-order valence-electron chi connectivity index (χ1n) is 12.0. The van der Waals surface area contributed by atoms with Gasteiger partial charge in [-0.15, -0.1) is 0 Å². The maximum Gasteiger partial charge on any atom is 0.330 e. The molecule has 1 aliphatic carbocycles. The van der Waals surface area contributed by atoms with Crippen molar-refractivity contribution in [1.29, 1.82) is 0 Å². The molecule has 0 radical (unpaired) electrons. The molecule has 1 aliphatic rings. The lowest BCUT2D eigenvalue weighted by Gasteiger charge is -2.30. The molecule has 1 saturated carbocycles. The number of nitrogens with one attached hydrogen (secondary N) is 1. The SMILES string of the molecule is CSCC[C@H](C(=O)O)N(Oc1ccc(CC(=O)Nc2cc(C)cc(C)c2)cc1)C(=O)C1CCCC1. The van der Waals surface area contributed by atoms with Crippen LogP contribution in [0.1, 0.15) is 48.8 Å². The summed E-state index contributed by atoms with van der Waals surface area (Å²) in [6.45, 7) is 3.97. The highest BCUT2D eigenvalue weighted by atomic mass is 32.2. The molecule has 0 heterocycles. The Labute approximate surface area is 211 Å². The predicted molar refractivity (Wildman–Crippen MR) is 139 cm³/mol. The number of hydrogen-bond acceptors (Lipinski definition) is 5. The predicted octanol–water partition coefficient (Wildman–Crippen LogP) is 5.00. The molecule has 8 heteroatoms. The van der Waals surface area contributed by atoms with Crippen molar-refractivity contribution in [3.05, 3.63) is 59.2 Å². The number of hydrogen-bond donors (Lipinski definition) is 2. The number of carboxylic acid groups (broad SMARTS) is 1. The van der Waals surface area contributed by atoms with Gasteiger partial charge in [-0.1, -0.05) is 31.0 Å². The van der Waals surface area contributed by atoms with Gasteiger partial charge in [0.05, 0.1) is 6.42 Å². The van der Waals surface area contributed by atoms with E-state index in [4.69, 9.17) is 4.84 Å². The number of rotatable bonds is 11. The van der Waals surface area contributed by atoms with Gasteiger partial charge in [-0.05, 0) is 86.1 Å². The molecule has 2 amide bonds. The molecule has 0 saturated heterocycles. The summed E-state index contributed by atoms with van der Waals surface area (Å²) in [5.74, 6) is -0.726. The molecule has 0 unspecified atom stereocenters. The molecule has 35 heavy (non-hydrogen) atoms. The third kappa shape index (κ3) is 7.75. The van der Waals surface area contributed by atoms with Gasteiger partial charge in [0, 0.05) is 11.6 Å². The molecule has 0 aromatic heterocycles. The van der Waals surface area contributed by atoms with E-state index in [1.165, 1.54) is 11.8 Å². The number of thioether (sulfide) groups is 1. The molecule has 0 bridgehead atoms. The number of aryl methyl sites for hydroxylation is 2. The van der Waals surface area contributed by atoms with Crippen LogP contribution in [-0.4, -0.2) is 46.0 Å². The quantitative estimate of drug-likeness (QED) is 0.423. The van der Waals surface area contributed by atoms with Gasteiger partial charge in [0.25, 0.3) is 5.91 Å². The summed E-state index contributed by atoms with van der Waals surface area (Å²) < 4.78 is 0. The highest BCUT2D eigenvalue weighted by Gasteiger charge is 2.36. The third-order valence-electron chi connectivity index (χ3n) is 6.08. The summed E-state index contributed by atoms with van der Waals surface area (Å²) in [7, 11) is 0. The van der Waals surface area contributed by atoms with E-state index in [0.29, 0.717) is 17.9 Å². The maximum absolute atomic E-state index is 13.2. The van der Waals surface area contributed by atoms with Gasteiger partial charge in [-0.3, -0.25) is 9.59 Å². The summed E-state index contributed by atoms with van der Waals surface area (Å²) in [6.07, 6.45) is 5.81. The summed E-state index contributed by atoms with van der Waals surface area (Å²) in [6, 6.07) is 11.7. The highest BCUT2D eigenvalue weighted by Crippen LogP contribution is 2.29. The molecule has 0 spiro atoms. The van der Waals surface area contributed by atoms with E-state index in [2.05, 4.69) is 5.32 Å². The Morgan fingerprint density at radius 3 is 2.29 bits per heavy atom. The molecule has 1 fully saturated rings. The molecular weight excluding hydrogens is 464 g/mol. The zero-order valence-electron chi connectivity index (χ0n) is 20.6. The lowest BCUT2D eigenvalue weighted by Crippen LogP contribution is -2.49. The van der Waals surface area contributed by atoms with Crippen molar-refractivity contribution in [1.82, 2.24) is 5.06 Å². The number of aliphatic carboxylic acids is 1. The van der Waals surface area contributed by atoms with Crippen molar-refractivity contribution < 1.29 is 24.3 Å². The lowest BCUT2D eigenvalue weighted by atomic mass is 10.1. The summed E-state index contributed by atoms with van der Waals surface area (Å²) in [5, 5.41) is 13.8. The van der Waals surface area contributed by atoms with Crippen LogP contribution in [0.25, 0.3) is 0 Å². The van der Waals surface area contributed by atoms with Crippen molar-refractivity contribution in [3.63, 3.8) is 0 Å². The summed E-state index contributed by atoms with van der Waals surface area (Å²) >= 11 is 1.53. The minimum atomic E-state index is -1.08. The molecular formula is C27H34N2O5S. The zero-order chi connectivity index (χ0) is 25.4. The fourth-order valence-electron chi connectivity index (χ4n) is 4.40. The molecule has 0 aliphatic heterocycles. The van der Waals surface area contributed by atoms with Gasteiger partial charge in [0.15, 0.2) is 11.8 Å². The fraction of sp³-hybridized carbons (Fsp3) is 0.444. The molecule has 1 atom stereocenters. The number of carbonyl (C=O) groups excluding carboxylic acids is 2. The number of nitrogens with zero attached hydrogens (tertiary/aromatic N) is 1. The van der Waals surface area contributed by atoms with Crippen LogP contribution in [0.3, 0.4) is 0 Å². The van der Waals surface area contributed by atoms with Crippen LogP contribution < -0.4 is 10.2 Å². The number of carboxylic acids is 1. The van der Waals surface area contributed by atoms with Crippen molar-refractivity contribution in [2.75, 3.05) is 17.3 Å². The second kappa shape index (κ2) is 12.6. The second-order valence-corrected chi connectivity index (χ2v) is 10.1. The highest BCUT2D eigenvalue weighted by molar-refractivity contribution is 7.98.